The van der Waals surface area contributed by atoms with Crippen molar-refractivity contribution in [1.29, 1.82) is 0 Å². The summed E-state index contributed by atoms with van der Waals surface area (Å²) >= 11 is 6.24. The summed E-state index contributed by atoms with van der Waals surface area (Å²) in [6, 6.07) is 20.6. The first-order valence-electron chi connectivity index (χ1n) is 11.2. The Morgan fingerprint density at radius 1 is 1.03 bits per heavy atom. The average Bonchev–Trinajstić information content (AvgIpc) is 3.17. The molecule has 0 spiro atoms. The number of aliphatic carboxylic acids is 1. The van der Waals surface area contributed by atoms with Crippen LogP contribution in [0.1, 0.15) is 34.3 Å². The highest BCUT2D eigenvalue weighted by molar-refractivity contribution is 6.33. The molecule has 1 atom stereocenters. The number of hydrogen-bond donors (Lipinski definition) is 2. The molecular weight excluding hydrogens is 468 g/mol. The second kappa shape index (κ2) is 10.2. The van der Waals surface area contributed by atoms with Crippen molar-refractivity contribution < 1.29 is 24.2 Å². The number of amides is 2. The van der Waals surface area contributed by atoms with Gasteiger partial charge in [0.25, 0.3) is 5.91 Å². The third-order valence-corrected chi connectivity index (χ3v) is 6.44. The maximum atomic E-state index is 12.7. The van der Waals surface area contributed by atoms with Gasteiger partial charge in [0, 0.05) is 25.1 Å². The van der Waals surface area contributed by atoms with E-state index in [0.29, 0.717) is 0 Å². The van der Waals surface area contributed by atoms with Crippen molar-refractivity contribution in [3.8, 4) is 11.1 Å². The van der Waals surface area contributed by atoms with Crippen LogP contribution in [0.4, 0.5) is 10.5 Å². The van der Waals surface area contributed by atoms with Gasteiger partial charge in [0.15, 0.2) is 0 Å². The van der Waals surface area contributed by atoms with Gasteiger partial charge < -0.3 is 14.7 Å². The van der Waals surface area contributed by atoms with E-state index in [4.69, 9.17) is 21.4 Å². The van der Waals surface area contributed by atoms with Gasteiger partial charge in [-0.25, -0.2) is 4.79 Å². The fourth-order valence-electron chi connectivity index (χ4n) is 4.29. The number of hydrogen-bond acceptors (Lipinski definition) is 4. The molecule has 0 heterocycles. The predicted octanol–water partition coefficient (Wildman–Crippen LogP) is 5.49. The number of carboxylic acids is 1. The molecular formula is C27H25ClN2O5. The molecule has 0 saturated carbocycles. The van der Waals surface area contributed by atoms with E-state index in [1.807, 2.05) is 36.4 Å². The first-order valence-corrected chi connectivity index (χ1v) is 11.5. The van der Waals surface area contributed by atoms with E-state index in [1.54, 1.807) is 0 Å². The molecule has 2 N–H and O–H groups in total. The number of ether oxygens (including phenoxy) is 1. The van der Waals surface area contributed by atoms with Crippen LogP contribution in [-0.4, -0.2) is 48.2 Å². The van der Waals surface area contributed by atoms with Gasteiger partial charge in [0.1, 0.15) is 6.61 Å². The van der Waals surface area contributed by atoms with Gasteiger partial charge >= 0.3 is 12.1 Å². The molecule has 4 rings (SSSR count). The number of anilines is 1. The second-order valence-corrected chi connectivity index (χ2v) is 8.98. The number of rotatable bonds is 7. The number of carboxylic acid groups (broad SMARTS) is 1. The molecule has 1 aliphatic carbocycles. The molecule has 1 unspecified atom stereocenters. The topological polar surface area (TPSA) is 95.9 Å². The molecule has 0 saturated heterocycles. The van der Waals surface area contributed by atoms with Crippen LogP contribution in [0.25, 0.3) is 11.1 Å². The van der Waals surface area contributed by atoms with Gasteiger partial charge in [-0.05, 0) is 40.5 Å². The number of halogens is 1. The Morgan fingerprint density at radius 2 is 1.63 bits per heavy atom. The fraction of sp³-hybridized carbons (Fsp3) is 0.222. The number of nitrogens with one attached hydrogen (secondary N) is 1. The average molecular weight is 493 g/mol. The first-order chi connectivity index (χ1) is 16.8. The van der Waals surface area contributed by atoms with Gasteiger partial charge in [0.05, 0.1) is 16.6 Å². The number of nitrogens with zero attached hydrogens (tertiary/aromatic N) is 1. The third-order valence-electron chi connectivity index (χ3n) is 6.11. The van der Waals surface area contributed by atoms with E-state index in [9.17, 15) is 14.4 Å². The van der Waals surface area contributed by atoms with Gasteiger partial charge in [-0.15, -0.1) is 0 Å². The molecule has 2 amide bonds. The maximum absolute atomic E-state index is 12.7. The van der Waals surface area contributed by atoms with Crippen molar-refractivity contribution in [3.05, 3.63) is 88.4 Å². The zero-order valence-corrected chi connectivity index (χ0v) is 20.1. The summed E-state index contributed by atoms with van der Waals surface area (Å²) in [6.45, 7) is 1.72. The fourth-order valence-corrected chi connectivity index (χ4v) is 4.46. The normalized spacial score (nSPS) is 12.9. The predicted molar refractivity (Wildman–Crippen MR) is 134 cm³/mol. The zero-order valence-electron chi connectivity index (χ0n) is 19.3. The Bertz CT molecular complexity index is 1250. The lowest BCUT2D eigenvalue weighted by atomic mass is 9.98. The van der Waals surface area contributed by atoms with Gasteiger partial charge in [-0.3, -0.25) is 14.9 Å². The molecule has 35 heavy (non-hydrogen) atoms. The van der Waals surface area contributed by atoms with Crippen molar-refractivity contribution >= 4 is 35.3 Å². The minimum Gasteiger partial charge on any atom is -0.481 e. The van der Waals surface area contributed by atoms with E-state index in [0.717, 1.165) is 22.3 Å². The quantitative estimate of drug-likeness (QED) is 0.454. The van der Waals surface area contributed by atoms with Crippen LogP contribution < -0.4 is 5.32 Å². The summed E-state index contributed by atoms with van der Waals surface area (Å²) in [6.07, 6.45) is -0.689. The van der Waals surface area contributed by atoms with Crippen molar-refractivity contribution in [2.75, 3.05) is 25.5 Å². The summed E-state index contributed by atoms with van der Waals surface area (Å²) in [5, 5.41) is 11.9. The van der Waals surface area contributed by atoms with Crippen molar-refractivity contribution in [2.24, 2.45) is 5.92 Å². The lowest BCUT2D eigenvalue weighted by Crippen LogP contribution is -2.33. The van der Waals surface area contributed by atoms with E-state index < -0.39 is 18.0 Å². The molecule has 0 fully saturated rings. The van der Waals surface area contributed by atoms with Crippen LogP contribution in [0.15, 0.2) is 66.7 Å². The Balaban J connectivity index is 1.44. The smallest absolute Gasteiger partial charge is 0.411 e. The largest absolute Gasteiger partial charge is 0.481 e. The highest BCUT2D eigenvalue weighted by atomic mass is 35.5. The zero-order chi connectivity index (χ0) is 25.1. The van der Waals surface area contributed by atoms with Gasteiger partial charge in [-0.2, -0.15) is 0 Å². The van der Waals surface area contributed by atoms with E-state index >= 15 is 0 Å². The maximum Gasteiger partial charge on any atom is 0.411 e. The Morgan fingerprint density at radius 3 is 2.23 bits per heavy atom. The van der Waals surface area contributed by atoms with Crippen LogP contribution in [-0.2, 0) is 9.53 Å². The summed E-state index contributed by atoms with van der Waals surface area (Å²) in [7, 11) is 1.52. The lowest BCUT2D eigenvalue weighted by molar-refractivity contribution is -0.141. The first kappa shape index (κ1) is 24.3. The Hall–Kier alpha value is -3.84. The Kier molecular flexibility index (Phi) is 7.07. The van der Waals surface area contributed by atoms with Crippen LogP contribution in [0.5, 0.6) is 0 Å². The van der Waals surface area contributed by atoms with Crippen LogP contribution in [0.3, 0.4) is 0 Å². The van der Waals surface area contributed by atoms with E-state index in [2.05, 4.69) is 17.4 Å². The van der Waals surface area contributed by atoms with Crippen LogP contribution >= 0.6 is 11.6 Å². The molecule has 180 valence electrons. The molecule has 0 bridgehead atoms. The van der Waals surface area contributed by atoms with Crippen LogP contribution in [0.2, 0.25) is 5.02 Å². The highest BCUT2D eigenvalue weighted by Gasteiger charge is 2.29. The van der Waals surface area contributed by atoms with E-state index in [1.165, 1.54) is 37.1 Å². The summed E-state index contributed by atoms with van der Waals surface area (Å²) in [4.78, 5) is 37.8. The molecule has 1 aliphatic rings. The third kappa shape index (κ3) is 5.15. The monoisotopic (exact) mass is 492 g/mol. The number of fused-ring (bicyclic) bond motifs is 3. The minimum absolute atomic E-state index is 0.0476. The minimum atomic E-state index is -0.988. The molecule has 0 aliphatic heterocycles. The van der Waals surface area contributed by atoms with Gasteiger partial charge in [0.2, 0.25) is 0 Å². The summed E-state index contributed by atoms with van der Waals surface area (Å²) in [5.74, 6) is -2.17. The summed E-state index contributed by atoms with van der Waals surface area (Å²) in [5.41, 5.74) is 4.97. The summed E-state index contributed by atoms with van der Waals surface area (Å²) < 4.78 is 5.56. The molecule has 0 aromatic heterocycles. The van der Waals surface area contributed by atoms with Crippen molar-refractivity contribution in [2.45, 2.75) is 12.8 Å². The molecule has 3 aromatic carbocycles. The number of carbonyl (C=O) groups is 3. The van der Waals surface area contributed by atoms with Crippen molar-refractivity contribution in [3.63, 3.8) is 0 Å². The molecule has 0 radical (unpaired) electrons. The second-order valence-electron chi connectivity index (χ2n) is 8.57. The molecule has 3 aromatic rings. The van der Waals surface area contributed by atoms with E-state index in [-0.39, 0.29) is 41.3 Å². The van der Waals surface area contributed by atoms with Crippen molar-refractivity contribution in [1.82, 2.24) is 4.90 Å². The SMILES string of the molecule is CC(CN(C)C(=O)c1ccc(Cl)c(NC(=O)OCC2c3ccccc3-c3ccccc32)c1)C(=O)O. The number of carbonyl (C=O) groups excluding carboxylic acids is 2. The van der Waals surface area contributed by atoms with Crippen LogP contribution in [0, 0.1) is 5.92 Å². The number of benzene rings is 3. The van der Waals surface area contributed by atoms with Gasteiger partial charge in [-0.1, -0.05) is 67.1 Å². The Labute approximate surface area is 208 Å². The molecule has 7 nitrogen and oxygen atoms in total. The molecule has 8 heteroatoms. The lowest BCUT2D eigenvalue weighted by Gasteiger charge is -2.20. The highest BCUT2D eigenvalue weighted by Crippen LogP contribution is 2.44. The standard InChI is InChI=1S/C27H25ClN2O5/c1-16(26(32)33)14-30(2)25(31)17-11-12-23(28)24(13-17)29-27(34)35-15-22-20-9-5-3-7-18(20)19-8-4-6-10-21(19)22/h3-13,16,22H,14-15H2,1-2H3,(H,29,34)(H,32,33).